The Morgan fingerprint density at radius 3 is 3.04 bits per heavy atom. The molecule has 116 valence electrons. The molecule has 1 aliphatic heterocycles. The minimum atomic E-state index is 0.0187. The van der Waals surface area contributed by atoms with E-state index in [-0.39, 0.29) is 12.0 Å². The number of benzene rings is 1. The summed E-state index contributed by atoms with van der Waals surface area (Å²) in [6, 6.07) is 11.8. The number of fused-ring (bicyclic) bond motifs is 1. The Hall–Kier alpha value is -2.40. The van der Waals surface area contributed by atoms with Crippen molar-refractivity contribution >= 4 is 28.1 Å². The highest BCUT2D eigenvalue weighted by atomic mass is 32.1. The minimum absolute atomic E-state index is 0.0187. The number of hydrogen-bond acceptors (Lipinski definition) is 4. The van der Waals surface area contributed by atoms with Crippen LogP contribution >= 0.6 is 11.3 Å². The van der Waals surface area contributed by atoms with Gasteiger partial charge in [-0.1, -0.05) is 18.2 Å². The smallest absolute Gasteiger partial charge is 0.254 e. The third-order valence-corrected chi connectivity index (χ3v) is 4.77. The number of rotatable bonds is 3. The van der Waals surface area contributed by atoms with Gasteiger partial charge in [0.25, 0.3) is 5.91 Å². The fourth-order valence-electron chi connectivity index (χ4n) is 2.93. The standard InChI is InChI=1S/C18H16N2O2S/c21-18(14-7-10-23-12-14)20-9-6-15(11-20)22-16-5-1-3-13-4-2-8-19-17(13)16/h1-5,7-8,10,12,15H,6,9,11H2. The van der Waals surface area contributed by atoms with Crippen LogP contribution in [0.1, 0.15) is 16.8 Å². The zero-order chi connectivity index (χ0) is 15.6. The van der Waals surface area contributed by atoms with Crippen LogP contribution in [0.25, 0.3) is 10.9 Å². The SMILES string of the molecule is O=C(c1ccsc1)N1CCC(Oc2cccc3cccnc23)C1. The number of ether oxygens (including phenoxy) is 1. The van der Waals surface area contributed by atoms with Gasteiger partial charge in [-0.05, 0) is 23.6 Å². The van der Waals surface area contributed by atoms with Crippen LogP contribution in [0.15, 0.2) is 53.4 Å². The maximum Gasteiger partial charge on any atom is 0.254 e. The van der Waals surface area contributed by atoms with E-state index in [0.717, 1.165) is 35.2 Å². The average molecular weight is 324 g/mol. The lowest BCUT2D eigenvalue weighted by atomic mass is 10.2. The first-order valence-corrected chi connectivity index (χ1v) is 8.57. The van der Waals surface area contributed by atoms with Crippen LogP contribution in [0.5, 0.6) is 5.75 Å². The van der Waals surface area contributed by atoms with E-state index < -0.39 is 0 Å². The van der Waals surface area contributed by atoms with Gasteiger partial charge in [0.1, 0.15) is 17.4 Å². The van der Waals surface area contributed by atoms with E-state index in [2.05, 4.69) is 4.98 Å². The molecule has 4 nitrogen and oxygen atoms in total. The normalized spacial score (nSPS) is 17.6. The van der Waals surface area contributed by atoms with Crippen molar-refractivity contribution < 1.29 is 9.53 Å². The van der Waals surface area contributed by atoms with Gasteiger partial charge in [-0.25, -0.2) is 0 Å². The van der Waals surface area contributed by atoms with E-state index in [0.29, 0.717) is 6.54 Å². The lowest BCUT2D eigenvalue weighted by molar-refractivity contribution is 0.0773. The highest BCUT2D eigenvalue weighted by molar-refractivity contribution is 7.08. The molecule has 4 rings (SSSR count). The molecule has 1 aromatic carbocycles. The van der Waals surface area contributed by atoms with E-state index >= 15 is 0 Å². The van der Waals surface area contributed by atoms with Crippen LogP contribution in [0, 0.1) is 0 Å². The molecule has 0 saturated carbocycles. The van der Waals surface area contributed by atoms with Gasteiger partial charge in [0.05, 0.1) is 12.1 Å². The lowest BCUT2D eigenvalue weighted by Gasteiger charge is -2.17. The van der Waals surface area contributed by atoms with Crippen LogP contribution in [0.3, 0.4) is 0 Å². The van der Waals surface area contributed by atoms with Crippen LogP contribution in [0.2, 0.25) is 0 Å². The average Bonchev–Trinajstić information content (AvgIpc) is 3.27. The number of carbonyl (C=O) groups is 1. The summed E-state index contributed by atoms with van der Waals surface area (Å²) in [6.45, 7) is 1.36. The third-order valence-electron chi connectivity index (χ3n) is 4.09. The second-order valence-electron chi connectivity index (χ2n) is 5.62. The molecule has 1 aliphatic rings. The Morgan fingerprint density at radius 1 is 1.26 bits per heavy atom. The Balaban J connectivity index is 1.49. The van der Waals surface area contributed by atoms with E-state index in [1.54, 1.807) is 17.5 Å². The lowest BCUT2D eigenvalue weighted by Crippen LogP contribution is -2.30. The van der Waals surface area contributed by atoms with Crippen LogP contribution in [0.4, 0.5) is 0 Å². The Bertz CT molecular complexity index is 827. The topological polar surface area (TPSA) is 42.4 Å². The largest absolute Gasteiger partial charge is 0.486 e. The van der Waals surface area contributed by atoms with E-state index in [1.807, 2.05) is 52.1 Å². The van der Waals surface area contributed by atoms with Crippen molar-refractivity contribution in [2.45, 2.75) is 12.5 Å². The maximum absolute atomic E-state index is 12.4. The zero-order valence-electron chi connectivity index (χ0n) is 12.5. The van der Waals surface area contributed by atoms with Gasteiger partial charge in [-0.3, -0.25) is 9.78 Å². The molecule has 23 heavy (non-hydrogen) atoms. The van der Waals surface area contributed by atoms with Gasteiger partial charge in [0, 0.05) is 29.9 Å². The summed E-state index contributed by atoms with van der Waals surface area (Å²) in [5, 5.41) is 4.89. The van der Waals surface area contributed by atoms with E-state index in [9.17, 15) is 4.79 Å². The molecule has 0 radical (unpaired) electrons. The van der Waals surface area contributed by atoms with Crippen molar-refractivity contribution in [1.82, 2.24) is 9.88 Å². The predicted molar refractivity (Wildman–Crippen MR) is 91.0 cm³/mol. The number of thiophene rings is 1. The Kier molecular flexibility index (Phi) is 3.71. The highest BCUT2D eigenvalue weighted by Crippen LogP contribution is 2.26. The van der Waals surface area contributed by atoms with Gasteiger partial charge in [0.2, 0.25) is 0 Å². The predicted octanol–water partition coefficient (Wildman–Crippen LogP) is 3.59. The molecular weight excluding hydrogens is 308 g/mol. The first-order valence-electron chi connectivity index (χ1n) is 7.63. The van der Waals surface area contributed by atoms with Crippen molar-refractivity contribution in [2.24, 2.45) is 0 Å². The monoisotopic (exact) mass is 324 g/mol. The third kappa shape index (κ3) is 2.80. The summed E-state index contributed by atoms with van der Waals surface area (Å²) in [7, 11) is 0. The van der Waals surface area contributed by atoms with Crippen LogP contribution < -0.4 is 4.74 Å². The van der Waals surface area contributed by atoms with Gasteiger partial charge in [0.15, 0.2) is 0 Å². The number of pyridine rings is 1. The molecule has 1 atom stereocenters. The number of likely N-dealkylation sites (tertiary alicyclic amines) is 1. The summed E-state index contributed by atoms with van der Waals surface area (Å²) in [5.41, 5.74) is 1.64. The number of para-hydroxylation sites is 1. The van der Waals surface area contributed by atoms with E-state index in [1.165, 1.54) is 0 Å². The minimum Gasteiger partial charge on any atom is -0.486 e. The molecular formula is C18H16N2O2S. The number of nitrogens with zero attached hydrogens (tertiary/aromatic N) is 2. The number of hydrogen-bond donors (Lipinski definition) is 0. The summed E-state index contributed by atoms with van der Waals surface area (Å²) in [4.78, 5) is 18.7. The summed E-state index contributed by atoms with van der Waals surface area (Å²) < 4.78 is 6.13. The maximum atomic E-state index is 12.4. The molecule has 0 spiro atoms. The molecule has 1 fully saturated rings. The molecule has 3 heterocycles. The van der Waals surface area contributed by atoms with Crippen molar-refractivity contribution in [3.8, 4) is 5.75 Å². The molecule has 0 N–H and O–H groups in total. The van der Waals surface area contributed by atoms with Gasteiger partial charge < -0.3 is 9.64 Å². The molecule has 0 bridgehead atoms. The van der Waals surface area contributed by atoms with Crippen molar-refractivity contribution in [2.75, 3.05) is 13.1 Å². The Labute approximate surface area is 138 Å². The molecule has 1 saturated heterocycles. The fourth-order valence-corrected chi connectivity index (χ4v) is 3.56. The second kappa shape index (κ2) is 6.01. The Morgan fingerprint density at radius 2 is 2.17 bits per heavy atom. The molecule has 2 aromatic heterocycles. The van der Waals surface area contributed by atoms with Gasteiger partial charge >= 0.3 is 0 Å². The zero-order valence-corrected chi connectivity index (χ0v) is 13.3. The van der Waals surface area contributed by atoms with Gasteiger partial charge in [-0.2, -0.15) is 11.3 Å². The second-order valence-corrected chi connectivity index (χ2v) is 6.40. The molecule has 0 aliphatic carbocycles. The fraction of sp³-hybridized carbons (Fsp3) is 0.222. The quantitative estimate of drug-likeness (QED) is 0.739. The highest BCUT2D eigenvalue weighted by Gasteiger charge is 2.28. The number of carbonyl (C=O) groups excluding carboxylic acids is 1. The summed E-state index contributed by atoms with van der Waals surface area (Å²) in [5.74, 6) is 0.881. The molecule has 1 amide bonds. The van der Waals surface area contributed by atoms with Crippen molar-refractivity contribution in [3.05, 3.63) is 58.9 Å². The van der Waals surface area contributed by atoms with Gasteiger partial charge in [-0.15, -0.1) is 0 Å². The van der Waals surface area contributed by atoms with Crippen LogP contribution in [-0.2, 0) is 0 Å². The number of amides is 1. The molecule has 3 aromatic rings. The van der Waals surface area contributed by atoms with Crippen molar-refractivity contribution in [3.63, 3.8) is 0 Å². The number of aromatic nitrogens is 1. The molecule has 5 heteroatoms. The first-order chi connectivity index (χ1) is 11.3. The summed E-state index contributed by atoms with van der Waals surface area (Å²) in [6.07, 6.45) is 2.64. The molecule has 1 unspecified atom stereocenters. The summed E-state index contributed by atoms with van der Waals surface area (Å²) >= 11 is 1.54. The van der Waals surface area contributed by atoms with Crippen molar-refractivity contribution in [1.29, 1.82) is 0 Å². The first kappa shape index (κ1) is 14.2. The van der Waals surface area contributed by atoms with Crippen LogP contribution in [-0.4, -0.2) is 35.0 Å². The van der Waals surface area contributed by atoms with E-state index in [4.69, 9.17) is 4.74 Å².